The molecule has 1 aromatic rings. The van der Waals surface area contributed by atoms with Crippen LogP contribution in [0.4, 0.5) is 0 Å². The number of hydrogen-bond acceptors (Lipinski definition) is 5. The molecule has 0 fully saturated rings. The molecule has 20 heavy (non-hydrogen) atoms. The van der Waals surface area contributed by atoms with Gasteiger partial charge in [-0.25, -0.2) is 0 Å². The summed E-state index contributed by atoms with van der Waals surface area (Å²) >= 11 is 0. The van der Waals surface area contributed by atoms with E-state index in [1.807, 2.05) is 0 Å². The van der Waals surface area contributed by atoms with Crippen LogP contribution < -0.4 is 9.47 Å². The van der Waals surface area contributed by atoms with Crippen molar-refractivity contribution in [3.63, 3.8) is 0 Å². The normalized spacial score (nSPS) is 13.4. The Morgan fingerprint density at radius 2 is 1.90 bits per heavy atom. The lowest BCUT2D eigenvalue weighted by molar-refractivity contribution is -0.144. The molecule has 0 saturated heterocycles. The number of esters is 1. The van der Waals surface area contributed by atoms with Gasteiger partial charge in [0.2, 0.25) is 0 Å². The predicted molar refractivity (Wildman–Crippen MR) is 75.0 cm³/mol. The van der Waals surface area contributed by atoms with Crippen LogP contribution in [-0.2, 0) is 15.1 Å². The van der Waals surface area contributed by atoms with E-state index in [1.54, 1.807) is 39.2 Å². The van der Waals surface area contributed by atoms with Crippen LogP contribution in [0.15, 0.2) is 18.2 Å². The van der Waals surface area contributed by atoms with Gasteiger partial charge in [0.25, 0.3) is 0 Å². The summed E-state index contributed by atoms with van der Waals surface area (Å²) in [7, 11) is 3.09. The van der Waals surface area contributed by atoms with Crippen LogP contribution >= 0.6 is 0 Å². The smallest absolute Gasteiger partial charge is 0.305 e. The average molecular weight is 282 g/mol. The lowest BCUT2D eigenvalue weighted by atomic mass is 9.91. The first-order valence-electron chi connectivity index (χ1n) is 6.55. The molecule has 0 aromatic heterocycles. The summed E-state index contributed by atoms with van der Waals surface area (Å²) in [5, 5.41) is 10.5. The molecule has 0 radical (unpaired) electrons. The van der Waals surface area contributed by atoms with E-state index in [-0.39, 0.29) is 18.8 Å². The Morgan fingerprint density at radius 3 is 2.45 bits per heavy atom. The van der Waals surface area contributed by atoms with Crippen LogP contribution in [0.25, 0.3) is 0 Å². The fourth-order valence-corrected chi connectivity index (χ4v) is 1.89. The topological polar surface area (TPSA) is 65.0 Å². The highest BCUT2D eigenvalue weighted by Gasteiger charge is 2.25. The van der Waals surface area contributed by atoms with Crippen molar-refractivity contribution in [1.29, 1.82) is 0 Å². The molecule has 1 rings (SSSR count). The Kier molecular flexibility index (Phi) is 5.82. The van der Waals surface area contributed by atoms with Gasteiger partial charge in [0.15, 0.2) is 11.5 Å². The third kappa shape index (κ3) is 4.13. The summed E-state index contributed by atoms with van der Waals surface area (Å²) in [5.74, 6) is 0.826. The van der Waals surface area contributed by atoms with E-state index in [0.29, 0.717) is 23.7 Å². The highest BCUT2D eigenvalue weighted by atomic mass is 16.5. The average Bonchev–Trinajstić information content (AvgIpc) is 2.44. The molecule has 1 N–H and O–H groups in total. The van der Waals surface area contributed by atoms with Gasteiger partial charge in [-0.3, -0.25) is 4.79 Å². The van der Waals surface area contributed by atoms with E-state index in [0.717, 1.165) is 0 Å². The third-order valence-corrected chi connectivity index (χ3v) is 3.13. The number of rotatable bonds is 7. The lowest BCUT2D eigenvalue weighted by Crippen LogP contribution is -2.23. The van der Waals surface area contributed by atoms with Gasteiger partial charge in [-0.15, -0.1) is 0 Å². The fourth-order valence-electron chi connectivity index (χ4n) is 1.89. The van der Waals surface area contributed by atoms with E-state index in [4.69, 9.17) is 14.2 Å². The van der Waals surface area contributed by atoms with Crippen molar-refractivity contribution in [1.82, 2.24) is 0 Å². The van der Waals surface area contributed by atoms with Crippen LogP contribution in [0.2, 0.25) is 0 Å². The van der Waals surface area contributed by atoms with Gasteiger partial charge in [0, 0.05) is 6.42 Å². The molecule has 0 aliphatic carbocycles. The maximum Gasteiger partial charge on any atom is 0.305 e. The van der Waals surface area contributed by atoms with E-state index in [1.165, 1.54) is 7.11 Å². The summed E-state index contributed by atoms with van der Waals surface area (Å²) in [4.78, 5) is 11.4. The zero-order valence-corrected chi connectivity index (χ0v) is 12.4. The van der Waals surface area contributed by atoms with Gasteiger partial charge in [0.1, 0.15) is 0 Å². The van der Waals surface area contributed by atoms with Gasteiger partial charge in [-0.2, -0.15) is 0 Å². The van der Waals surface area contributed by atoms with Gasteiger partial charge in [0.05, 0.1) is 26.4 Å². The van der Waals surface area contributed by atoms with Crippen LogP contribution in [0.3, 0.4) is 0 Å². The Hall–Kier alpha value is -1.75. The second-order valence-corrected chi connectivity index (χ2v) is 4.65. The summed E-state index contributed by atoms with van der Waals surface area (Å²) in [6, 6.07) is 5.20. The van der Waals surface area contributed by atoms with Crippen molar-refractivity contribution in [3.05, 3.63) is 23.8 Å². The molecule has 0 heterocycles. The number of benzene rings is 1. The molecule has 0 bridgehead atoms. The molecular formula is C15H22O5. The molecule has 0 amide bonds. The fraction of sp³-hybridized carbons (Fsp3) is 0.533. The maximum atomic E-state index is 11.4. The minimum Gasteiger partial charge on any atom is -0.493 e. The molecule has 1 aromatic carbocycles. The highest BCUT2D eigenvalue weighted by Crippen LogP contribution is 2.34. The quantitative estimate of drug-likeness (QED) is 0.777. The molecule has 0 spiro atoms. The van der Waals surface area contributed by atoms with Gasteiger partial charge in [-0.05, 0) is 38.0 Å². The summed E-state index contributed by atoms with van der Waals surface area (Å²) in [5.41, 5.74) is -0.466. The Bertz CT molecular complexity index is 454. The number of methoxy groups -OCH3 is 2. The van der Waals surface area contributed by atoms with Crippen molar-refractivity contribution in [3.8, 4) is 11.5 Å². The van der Waals surface area contributed by atoms with Gasteiger partial charge >= 0.3 is 5.97 Å². The number of carbonyl (C=O) groups excluding carboxylic acids is 1. The van der Waals surface area contributed by atoms with Crippen LogP contribution in [0.5, 0.6) is 11.5 Å². The standard InChI is InChI=1S/C15H22O5/c1-5-20-14(16)8-9-15(2,17)11-6-7-12(18-3)13(10-11)19-4/h6-7,10,17H,5,8-9H2,1-4H3. The molecule has 5 heteroatoms. The molecule has 5 nitrogen and oxygen atoms in total. The summed E-state index contributed by atoms with van der Waals surface area (Å²) in [6.45, 7) is 3.76. The number of ether oxygens (including phenoxy) is 3. The van der Waals surface area contributed by atoms with E-state index in [9.17, 15) is 9.90 Å². The predicted octanol–water partition coefficient (Wildman–Crippen LogP) is 2.25. The maximum absolute atomic E-state index is 11.4. The van der Waals surface area contributed by atoms with Crippen molar-refractivity contribution in [2.75, 3.05) is 20.8 Å². The second kappa shape index (κ2) is 7.14. The molecular weight excluding hydrogens is 260 g/mol. The van der Waals surface area contributed by atoms with Crippen LogP contribution in [0.1, 0.15) is 32.3 Å². The molecule has 112 valence electrons. The van der Waals surface area contributed by atoms with Crippen LogP contribution in [0, 0.1) is 0 Å². The highest BCUT2D eigenvalue weighted by molar-refractivity contribution is 5.69. The van der Waals surface area contributed by atoms with Crippen molar-refractivity contribution in [2.24, 2.45) is 0 Å². The zero-order valence-electron chi connectivity index (χ0n) is 12.4. The van der Waals surface area contributed by atoms with Crippen molar-refractivity contribution in [2.45, 2.75) is 32.3 Å². The first-order valence-corrected chi connectivity index (χ1v) is 6.55. The van der Waals surface area contributed by atoms with Gasteiger partial charge in [-0.1, -0.05) is 6.07 Å². The monoisotopic (exact) mass is 282 g/mol. The van der Waals surface area contributed by atoms with Crippen LogP contribution in [-0.4, -0.2) is 31.9 Å². The molecule has 1 atom stereocenters. The second-order valence-electron chi connectivity index (χ2n) is 4.65. The Balaban J connectivity index is 2.83. The lowest BCUT2D eigenvalue weighted by Gasteiger charge is -2.24. The minimum absolute atomic E-state index is 0.162. The zero-order chi connectivity index (χ0) is 15.2. The van der Waals surface area contributed by atoms with Gasteiger partial charge < -0.3 is 19.3 Å². The molecule has 0 aliphatic rings. The first kappa shape index (κ1) is 16.3. The van der Waals surface area contributed by atoms with E-state index >= 15 is 0 Å². The molecule has 1 unspecified atom stereocenters. The summed E-state index contributed by atoms with van der Waals surface area (Å²) < 4.78 is 15.2. The SMILES string of the molecule is CCOC(=O)CCC(C)(O)c1ccc(OC)c(OC)c1. The summed E-state index contributed by atoms with van der Waals surface area (Å²) in [6.07, 6.45) is 0.441. The number of hydrogen-bond donors (Lipinski definition) is 1. The number of carbonyl (C=O) groups is 1. The Morgan fingerprint density at radius 1 is 1.25 bits per heavy atom. The number of aliphatic hydroxyl groups is 1. The molecule has 0 saturated carbocycles. The van der Waals surface area contributed by atoms with E-state index < -0.39 is 5.60 Å². The molecule has 0 aliphatic heterocycles. The Labute approximate surface area is 119 Å². The largest absolute Gasteiger partial charge is 0.493 e. The van der Waals surface area contributed by atoms with E-state index in [2.05, 4.69) is 0 Å². The first-order chi connectivity index (χ1) is 9.44. The van der Waals surface area contributed by atoms with Crippen molar-refractivity contribution < 1.29 is 24.1 Å². The van der Waals surface area contributed by atoms with Crippen molar-refractivity contribution >= 4 is 5.97 Å². The third-order valence-electron chi connectivity index (χ3n) is 3.13. The minimum atomic E-state index is -1.13.